The van der Waals surface area contributed by atoms with Gasteiger partial charge in [-0.2, -0.15) is 0 Å². The number of para-hydroxylation sites is 8. The average molecular weight is 970 g/mol. The van der Waals surface area contributed by atoms with Crippen LogP contribution in [0.1, 0.15) is 0 Å². The van der Waals surface area contributed by atoms with Gasteiger partial charge in [0.25, 0.3) is 0 Å². The van der Waals surface area contributed by atoms with Gasteiger partial charge < -0.3 is 13.7 Å². The Bertz CT molecular complexity index is 4730. The first-order valence-corrected chi connectivity index (χ1v) is 25.8. The molecule has 0 saturated carbocycles. The fourth-order valence-corrected chi connectivity index (χ4v) is 12.2. The molecule has 0 N–H and O–H groups in total. The monoisotopic (exact) mass is 969 g/mol. The maximum atomic E-state index is 6.34. The number of nitrogens with zero attached hydrogens (tertiary/aromatic N) is 7. The first-order valence-electron chi connectivity index (χ1n) is 25.8. The molecular formula is C69H43N7. The minimum atomic E-state index is 0.607. The van der Waals surface area contributed by atoms with Crippen LogP contribution >= 0.6 is 0 Å². The van der Waals surface area contributed by atoms with E-state index in [0.717, 1.165) is 127 Å². The number of benzene rings is 10. The van der Waals surface area contributed by atoms with E-state index in [1.807, 2.05) is 6.07 Å². The van der Waals surface area contributed by atoms with Gasteiger partial charge in [0.15, 0.2) is 11.6 Å². The number of hydrogen-bond acceptors (Lipinski definition) is 3. The van der Waals surface area contributed by atoms with Gasteiger partial charge in [-0.15, -0.1) is 0 Å². The lowest BCUT2D eigenvalue weighted by molar-refractivity contribution is 0.973. The second-order valence-electron chi connectivity index (χ2n) is 19.5. The molecule has 0 spiro atoms. The Morgan fingerprint density at radius 2 is 0.513 bits per heavy atom. The summed E-state index contributed by atoms with van der Waals surface area (Å²) in [5.41, 5.74) is 15.2. The van der Waals surface area contributed by atoms with Crippen molar-refractivity contribution in [3.8, 4) is 56.9 Å². The van der Waals surface area contributed by atoms with Crippen molar-refractivity contribution in [2.75, 3.05) is 0 Å². The summed E-state index contributed by atoms with van der Waals surface area (Å²) in [5, 5.41) is 9.15. The van der Waals surface area contributed by atoms with Crippen molar-refractivity contribution < 1.29 is 0 Å². The van der Waals surface area contributed by atoms with E-state index in [2.05, 4.69) is 273 Å². The zero-order chi connectivity index (χ0) is 49.8. The highest BCUT2D eigenvalue weighted by Gasteiger charge is 2.33. The molecule has 0 fully saturated rings. The highest BCUT2D eigenvalue weighted by molar-refractivity contribution is 6.16. The summed E-state index contributed by atoms with van der Waals surface area (Å²) in [6.45, 7) is 0. The first kappa shape index (κ1) is 42.2. The maximum Gasteiger partial charge on any atom is 0.165 e. The van der Waals surface area contributed by atoms with E-state index >= 15 is 0 Å². The standard InChI is InChI=1S/C69H43N7/c1-3-23-44(24-4-1)54-43-55(71-68(70-54)45-25-5-2-6-26-45)64-65(73-56-35-15-7-27-46(56)47-28-8-16-36-57(47)73)66(74-58-37-17-9-29-48(58)49-30-10-18-38-59(49)74)67(75-60-39-19-11-31-50(60)51-32-12-20-40-61(51)75)69(72-64)76-62-41-21-13-33-52(62)53-34-14-22-42-63(53)76/h1-43H. The van der Waals surface area contributed by atoms with Gasteiger partial charge >= 0.3 is 0 Å². The second kappa shape index (κ2) is 16.6. The molecule has 0 unspecified atom stereocenters. The van der Waals surface area contributed by atoms with Crippen molar-refractivity contribution >= 4 is 87.2 Å². The zero-order valence-corrected chi connectivity index (χ0v) is 41.0. The van der Waals surface area contributed by atoms with Crippen LogP contribution in [0.25, 0.3) is 144 Å². The van der Waals surface area contributed by atoms with Gasteiger partial charge in [0.05, 0.1) is 55.5 Å². The SMILES string of the molecule is c1ccc(-c2cc(-c3nc(-n4c5ccccc5c5ccccc54)c(-n4c5ccccc5c5ccccc54)c(-n4c5ccccc5c5ccccc54)c3-n3c4ccccc4c4ccccc43)nc(-c3ccccc3)n2)cc1. The normalized spacial score (nSPS) is 11.9. The van der Waals surface area contributed by atoms with Crippen molar-refractivity contribution in [1.82, 2.24) is 33.2 Å². The number of pyridine rings is 1. The van der Waals surface area contributed by atoms with Gasteiger partial charge in [0.1, 0.15) is 22.8 Å². The lowest BCUT2D eigenvalue weighted by Crippen LogP contribution is -2.17. The molecule has 76 heavy (non-hydrogen) atoms. The zero-order valence-electron chi connectivity index (χ0n) is 41.0. The maximum absolute atomic E-state index is 6.34. The van der Waals surface area contributed by atoms with Crippen LogP contribution in [-0.2, 0) is 0 Å². The van der Waals surface area contributed by atoms with Crippen LogP contribution in [0.4, 0.5) is 0 Å². The van der Waals surface area contributed by atoms with Crippen molar-refractivity contribution in [2.45, 2.75) is 0 Å². The third-order valence-electron chi connectivity index (χ3n) is 15.4. The predicted molar refractivity (Wildman–Crippen MR) is 313 cm³/mol. The molecule has 7 nitrogen and oxygen atoms in total. The van der Waals surface area contributed by atoms with Gasteiger partial charge in [0, 0.05) is 54.2 Å². The van der Waals surface area contributed by atoms with E-state index in [1.54, 1.807) is 0 Å². The molecule has 0 amide bonds. The van der Waals surface area contributed by atoms with E-state index in [4.69, 9.17) is 15.0 Å². The summed E-state index contributed by atoms with van der Waals surface area (Å²) in [4.78, 5) is 17.4. The Hall–Kier alpha value is -10.4. The van der Waals surface area contributed by atoms with Crippen LogP contribution in [0.15, 0.2) is 261 Å². The molecule has 0 atom stereocenters. The summed E-state index contributed by atoms with van der Waals surface area (Å²) in [6.07, 6.45) is 0. The number of fused-ring (bicyclic) bond motifs is 12. The minimum absolute atomic E-state index is 0.607. The number of aromatic nitrogens is 7. The number of hydrogen-bond donors (Lipinski definition) is 0. The molecule has 0 aliphatic carbocycles. The summed E-state index contributed by atoms with van der Waals surface area (Å²) in [7, 11) is 0. The van der Waals surface area contributed by atoms with Crippen LogP contribution in [0, 0.1) is 0 Å². The second-order valence-corrected chi connectivity index (χ2v) is 19.5. The topological polar surface area (TPSA) is 58.4 Å². The van der Waals surface area contributed by atoms with Crippen molar-refractivity contribution in [2.24, 2.45) is 0 Å². The molecule has 16 rings (SSSR count). The minimum Gasteiger partial charge on any atom is -0.305 e. The van der Waals surface area contributed by atoms with Crippen LogP contribution in [0.5, 0.6) is 0 Å². The number of rotatable bonds is 7. The fourth-order valence-electron chi connectivity index (χ4n) is 12.2. The van der Waals surface area contributed by atoms with E-state index in [-0.39, 0.29) is 0 Å². The van der Waals surface area contributed by atoms with Crippen LogP contribution < -0.4 is 0 Å². The highest BCUT2D eigenvalue weighted by Crippen LogP contribution is 2.49. The lowest BCUT2D eigenvalue weighted by atomic mass is 10.1. The summed E-state index contributed by atoms with van der Waals surface area (Å²) in [6, 6.07) is 93.3. The average Bonchev–Trinajstić information content (AvgIpc) is 4.35. The van der Waals surface area contributed by atoms with Crippen LogP contribution in [-0.4, -0.2) is 33.2 Å². The largest absolute Gasteiger partial charge is 0.305 e. The first-order chi connectivity index (χ1) is 37.8. The molecular weight excluding hydrogens is 927 g/mol. The van der Waals surface area contributed by atoms with Gasteiger partial charge in [-0.25, -0.2) is 15.0 Å². The predicted octanol–water partition coefficient (Wildman–Crippen LogP) is 17.3. The summed E-state index contributed by atoms with van der Waals surface area (Å²) >= 11 is 0. The molecule has 16 aromatic rings. The lowest BCUT2D eigenvalue weighted by Gasteiger charge is -2.27. The Morgan fingerprint density at radius 1 is 0.224 bits per heavy atom. The van der Waals surface area contributed by atoms with Crippen LogP contribution in [0.2, 0.25) is 0 Å². The molecule has 7 heteroatoms. The smallest absolute Gasteiger partial charge is 0.165 e. The molecule has 0 aliphatic heterocycles. The van der Waals surface area contributed by atoms with Gasteiger partial charge in [-0.05, 0) is 54.6 Å². The van der Waals surface area contributed by atoms with Gasteiger partial charge in [-0.1, -0.05) is 206 Å². The molecule has 6 heterocycles. The van der Waals surface area contributed by atoms with E-state index in [1.165, 1.54) is 0 Å². The quantitative estimate of drug-likeness (QED) is 0.160. The molecule has 6 aromatic heterocycles. The third-order valence-corrected chi connectivity index (χ3v) is 15.4. The Balaban J connectivity index is 1.24. The van der Waals surface area contributed by atoms with Crippen molar-refractivity contribution in [3.05, 3.63) is 261 Å². The Morgan fingerprint density at radius 3 is 0.895 bits per heavy atom. The highest BCUT2D eigenvalue weighted by atomic mass is 15.2. The molecule has 354 valence electrons. The third kappa shape index (κ3) is 6.14. The van der Waals surface area contributed by atoms with E-state index < -0.39 is 0 Å². The summed E-state index contributed by atoms with van der Waals surface area (Å²) in [5.74, 6) is 1.36. The van der Waals surface area contributed by atoms with Gasteiger partial charge in [-0.3, -0.25) is 4.57 Å². The Labute approximate surface area is 436 Å². The fraction of sp³-hybridized carbons (Fsp3) is 0. The van der Waals surface area contributed by atoms with Crippen molar-refractivity contribution in [3.63, 3.8) is 0 Å². The van der Waals surface area contributed by atoms with Crippen LogP contribution in [0.3, 0.4) is 0 Å². The van der Waals surface area contributed by atoms with E-state index in [0.29, 0.717) is 17.2 Å². The molecule has 0 saturated heterocycles. The Kier molecular flexibility index (Phi) is 9.20. The molecule has 10 aromatic carbocycles. The molecule has 0 aliphatic rings. The molecule has 0 bridgehead atoms. The molecule has 0 radical (unpaired) electrons. The summed E-state index contributed by atoms with van der Waals surface area (Å²) < 4.78 is 9.87. The van der Waals surface area contributed by atoms with Gasteiger partial charge in [0.2, 0.25) is 0 Å². The van der Waals surface area contributed by atoms with E-state index in [9.17, 15) is 0 Å². The van der Waals surface area contributed by atoms with Crippen molar-refractivity contribution in [1.29, 1.82) is 0 Å².